The number of rotatable bonds is 5. The summed E-state index contributed by atoms with van der Waals surface area (Å²) in [5.74, 6) is 0.841. The third kappa shape index (κ3) is 3.92. The minimum absolute atomic E-state index is 0.812. The summed E-state index contributed by atoms with van der Waals surface area (Å²) in [4.78, 5) is 4.19. The van der Waals surface area contributed by atoms with Crippen molar-refractivity contribution in [2.75, 3.05) is 13.6 Å². The van der Waals surface area contributed by atoms with Crippen molar-refractivity contribution in [2.45, 2.75) is 13.1 Å². The maximum Gasteiger partial charge on any atom is 0.191 e. The summed E-state index contributed by atoms with van der Waals surface area (Å²) in [5, 5.41) is 10.8. The second-order valence-electron chi connectivity index (χ2n) is 3.91. The summed E-state index contributed by atoms with van der Waals surface area (Å²) in [6.45, 7) is 2.61. The van der Waals surface area contributed by atoms with Crippen LogP contribution >= 0.6 is 11.3 Å². The first-order valence-corrected chi connectivity index (χ1v) is 6.89. The molecule has 2 heterocycles. The lowest BCUT2D eigenvalue weighted by molar-refractivity contribution is 0.665. The summed E-state index contributed by atoms with van der Waals surface area (Å²) < 4.78 is 2.14. The number of guanidine groups is 1. The van der Waals surface area contributed by atoms with Crippen LogP contribution in [0.2, 0.25) is 0 Å². The predicted octanol–water partition coefficient (Wildman–Crippen LogP) is 1.91. The SMILES string of the molecule is CN=C(NCCn1cccc1)NCc1ccsc1. The van der Waals surface area contributed by atoms with Gasteiger partial charge in [-0.05, 0) is 34.5 Å². The minimum Gasteiger partial charge on any atom is -0.355 e. The Balaban J connectivity index is 1.69. The highest BCUT2D eigenvalue weighted by Crippen LogP contribution is 2.04. The molecule has 0 saturated carbocycles. The third-order valence-corrected chi connectivity index (χ3v) is 3.32. The third-order valence-electron chi connectivity index (χ3n) is 2.59. The van der Waals surface area contributed by atoms with E-state index in [2.05, 4.69) is 49.4 Å². The van der Waals surface area contributed by atoms with Crippen molar-refractivity contribution in [1.29, 1.82) is 0 Å². The number of nitrogens with zero attached hydrogens (tertiary/aromatic N) is 2. The summed E-state index contributed by atoms with van der Waals surface area (Å²) in [6.07, 6.45) is 4.12. The zero-order valence-corrected chi connectivity index (χ0v) is 11.3. The summed E-state index contributed by atoms with van der Waals surface area (Å²) in [7, 11) is 1.79. The molecule has 2 rings (SSSR count). The van der Waals surface area contributed by atoms with E-state index in [1.807, 2.05) is 12.1 Å². The quantitative estimate of drug-likeness (QED) is 0.638. The summed E-state index contributed by atoms with van der Waals surface area (Å²) in [5.41, 5.74) is 1.29. The number of aromatic nitrogens is 1. The number of hydrogen-bond acceptors (Lipinski definition) is 2. The van der Waals surface area contributed by atoms with E-state index in [-0.39, 0.29) is 0 Å². The van der Waals surface area contributed by atoms with Crippen LogP contribution < -0.4 is 10.6 Å². The van der Waals surface area contributed by atoms with Crippen molar-refractivity contribution in [2.24, 2.45) is 4.99 Å². The van der Waals surface area contributed by atoms with Crippen molar-refractivity contribution < 1.29 is 0 Å². The zero-order valence-electron chi connectivity index (χ0n) is 10.5. The van der Waals surface area contributed by atoms with Gasteiger partial charge in [-0.2, -0.15) is 11.3 Å². The Morgan fingerprint density at radius 3 is 2.83 bits per heavy atom. The highest BCUT2D eigenvalue weighted by atomic mass is 32.1. The first kappa shape index (κ1) is 12.7. The lowest BCUT2D eigenvalue weighted by Crippen LogP contribution is -2.38. The van der Waals surface area contributed by atoms with Gasteiger partial charge in [0.1, 0.15) is 0 Å². The molecule has 96 valence electrons. The monoisotopic (exact) mass is 262 g/mol. The Bertz CT molecular complexity index is 459. The molecular formula is C13H18N4S. The van der Waals surface area contributed by atoms with E-state index in [9.17, 15) is 0 Å². The molecule has 2 aromatic rings. The normalized spacial score (nSPS) is 11.5. The van der Waals surface area contributed by atoms with Crippen LogP contribution in [0.25, 0.3) is 0 Å². The van der Waals surface area contributed by atoms with Gasteiger partial charge in [0.2, 0.25) is 0 Å². The van der Waals surface area contributed by atoms with Crippen molar-refractivity contribution in [1.82, 2.24) is 15.2 Å². The molecule has 2 N–H and O–H groups in total. The Kier molecular flexibility index (Phi) is 4.84. The van der Waals surface area contributed by atoms with Gasteiger partial charge in [-0.3, -0.25) is 4.99 Å². The molecule has 0 atom stereocenters. The van der Waals surface area contributed by atoms with Crippen LogP contribution in [0.15, 0.2) is 46.3 Å². The van der Waals surface area contributed by atoms with Gasteiger partial charge in [0.05, 0.1) is 0 Å². The van der Waals surface area contributed by atoms with Gasteiger partial charge in [0, 0.05) is 39.1 Å². The van der Waals surface area contributed by atoms with E-state index < -0.39 is 0 Å². The van der Waals surface area contributed by atoms with E-state index >= 15 is 0 Å². The number of hydrogen-bond donors (Lipinski definition) is 2. The lowest BCUT2D eigenvalue weighted by Gasteiger charge is -2.11. The van der Waals surface area contributed by atoms with E-state index in [0.717, 1.165) is 25.6 Å². The fourth-order valence-corrected chi connectivity index (χ4v) is 2.29. The van der Waals surface area contributed by atoms with Crippen LogP contribution in [0.5, 0.6) is 0 Å². The average molecular weight is 262 g/mol. The molecule has 0 aliphatic heterocycles. The van der Waals surface area contributed by atoms with Gasteiger partial charge in [0.25, 0.3) is 0 Å². The standard InChI is InChI=1S/C13H18N4S/c1-14-13(16-10-12-4-9-18-11-12)15-5-8-17-6-2-3-7-17/h2-4,6-7,9,11H,5,8,10H2,1H3,(H2,14,15,16). The summed E-state index contributed by atoms with van der Waals surface area (Å²) >= 11 is 1.71. The van der Waals surface area contributed by atoms with Crippen LogP contribution in [-0.2, 0) is 13.1 Å². The van der Waals surface area contributed by atoms with Gasteiger partial charge in [-0.1, -0.05) is 0 Å². The average Bonchev–Trinajstić information content (AvgIpc) is 3.06. The van der Waals surface area contributed by atoms with E-state index in [4.69, 9.17) is 0 Å². The van der Waals surface area contributed by atoms with Crippen LogP contribution in [0.3, 0.4) is 0 Å². The molecule has 4 nitrogen and oxygen atoms in total. The molecular weight excluding hydrogens is 244 g/mol. The topological polar surface area (TPSA) is 41.4 Å². The maximum atomic E-state index is 4.19. The van der Waals surface area contributed by atoms with Crippen molar-refractivity contribution >= 4 is 17.3 Å². The maximum absolute atomic E-state index is 4.19. The highest BCUT2D eigenvalue weighted by Gasteiger charge is 1.98. The molecule has 0 aliphatic carbocycles. The van der Waals surface area contributed by atoms with E-state index in [1.165, 1.54) is 5.56 Å². The van der Waals surface area contributed by atoms with Gasteiger partial charge >= 0.3 is 0 Å². The molecule has 0 fully saturated rings. The van der Waals surface area contributed by atoms with Gasteiger partial charge in [-0.25, -0.2) is 0 Å². The molecule has 0 amide bonds. The second kappa shape index (κ2) is 6.86. The second-order valence-corrected chi connectivity index (χ2v) is 4.69. The molecule has 0 bridgehead atoms. The van der Waals surface area contributed by atoms with Gasteiger partial charge in [-0.15, -0.1) is 0 Å². The molecule has 0 unspecified atom stereocenters. The fraction of sp³-hybridized carbons (Fsp3) is 0.308. The first-order chi connectivity index (χ1) is 8.88. The Morgan fingerprint density at radius 1 is 1.33 bits per heavy atom. The molecule has 0 aliphatic rings. The van der Waals surface area contributed by atoms with Crippen molar-refractivity contribution in [3.05, 3.63) is 46.9 Å². The number of thiophene rings is 1. The van der Waals surface area contributed by atoms with Gasteiger partial charge < -0.3 is 15.2 Å². The summed E-state index contributed by atoms with van der Waals surface area (Å²) in [6, 6.07) is 6.18. The Hall–Kier alpha value is -1.75. The van der Waals surface area contributed by atoms with E-state index in [0.29, 0.717) is 0 Å². The van der Waals surface area contributed by atoms with Crippen LogP contribution in [0.1, 0.15) is 5.56 Å². The first-order valence-electron chi connectivity index (χ1n) is 5.95. The Morgan fingerprint density at radius 2 is 2.17 bits per heavy atom. The van der Waals surface area contributed by atoms with Crippen LogP contribution in [0.4, 0.5) is 0 Å². The molecule has 18 heavy (non-hydrogen) atoms. The number of aliphatic imine (C=N–C) groups is 1. The largest absolute Gasteiger partial charge is 0.355 e. The van der Waals surface area contributed by atoms with Crippen LogP contribution in [0, 0.1) is 0 Å². The molecule has 0 aromatic carbocycles. The lowest BCUT2D eigenvalue weighted by atomic mass is 10.3. The van der Waals surface area contributed by atoms with Gasteiger partial charge in [0.15, 0.2) is 5.96 Å². The smallest absolute Gasteiger partial charge is 0.191 e. The highest BCUT2D eigenvalue weighted by molar-refractivity contribution is 7.07. The number of nitrogens with one attached hydrogen (secondary N) is 2. The van der Waals surface area contributed by atoms with Crippen molar-refractivity contribution in [3.8, 4) is 0 Å². The van der Waals surface area contributed by atoms with Crippen molar-refractivity contribution in [3.63, 3.8) is 0 Å². The predicted molar refractivity (Wildman–Crippen MR) is 77.0 cm³/mol. The fourth-order valence-electron chi connectivity index (χ4n) is 1.62. The molecule has 0 saturated heterocycles. The molecule has 0 radical (unpaired) electrons. The Labute approximate surface area is 111 Å². The van der Waals surface area contributed by atoms with Crippen LogP contribution in [-0.4, -0.2) is 24.1 Å². The molecule has 5 heteroatoms. The minimum atomic E-state index is 0.812. The van der Waals surface area contributed by atoms with E-state index in [1.54, 1.807) is 18.4 Å². The zero-order chi connectivity index (χ0) is 12.6. The molecule has 0 spiro atoms. The molecule has 2 aromatic heterocycles.